The highest BCUT2D eigenvalue weighted by Gasteiger charge is 2.33. The maximum atomic E-state index is 12.1. The van der Waals surface area contributed by atoms with E-state index in [1.54, 1.807) is 6.92 Å². The van der Waals surface area contributed by atoms with Gasteiger partial charge in [0.05, 0.1) is 24.4 Å². The Kier molecular flexibility index (Phi) is 4.69. The summed E-state index contributed by atoms with van der Waals surface area (Å²) in [6, 6.07) is -0.276. The highest BCUT2D eigenvalue weighted by Crippen LogP contribution is 2.15. The number of nitrogens with one attached hydrogen (secondary N) is 2. The van der Waals surface area contributed by atoms with Gasteiger partial charge in [-0.1, -0.05) is 11.6 Å². The molecule has 2 amide bonds. The summed E-state index contributed by atoms with van der Waals surface area (Å²) in [5.41, 5.74) is 0.616. The van der Waals surface area contributed by atoms with E-state index in [-0.39, 0.29) is 29.5 Å². The Bertz CT molecular complexity index is 528. The number of aromatic amines is 1. The van der Waals surface area contributed by atoms with Crippen LogP contribution in [-0.4, -0.2) is 64.3 Å². The minimum Gasteiger partial charge on any atom is -0.465 e. The number of carbonyl (C=O) groups is 2. The van der Waals surface area contributed by atoms with E-state index in [4.69, 9.17) is 21.4 Å². The number of carbonyl (C=O) groups excluding carboxylic acids is 1. The number of methoxy groups -OCH3 is 1. The van der Waals surface area contributed by atoms with Crippen molar-refractivity contribution in [3.8, 4) is 0 Å². The number of ether oxygens (including phenoxy) is 1. The molecular weight excluding hydrogens is 300 g/mol. The van der Waals surface area contributed by atoms with Crippen LogP contribution in [0.25, 0.3) is 0 Å². The number of aryl methyl sites for hydroxylation is 1. The zero-order valence-electron chi connectivity index (χ0n) is 11.7. The zero-order valence-corrected chi connectivity index (χ0v) is 12.5. The van der Waals surface area contributed by atoms with Crippen LogP contribution < -0.4 is 5.32 Å². The number of H-pyrrole nitrogens is 1. The van der Waals surface area contributed by atoms with Crippen LogP contribution in [0.2, 0.25) is 5.15 Å². The van der Waals surface area contributed by atoms with E-state index in [2.05, 4.69) is 15.3 Å². The number of piperidine rings is 1. The van der Waals surface area contributed by atoms with Gasteiger partial charge in [-0.2, -0.15) is 0 Å². The fourth-order valence-corrected chi connectivity index (χ4v) is 2.41. The third-order valence-electron chi connectivity index (χ3n) is 3.49. The Morgan fingerprint density at radius 1 is 1.57 bits per heavy atom. The number of nitrogens with zero attached hydrogens (tertiary/aromatic N) is 2. The van der Waals surface area contributed by atoms with E-state index in [0.717, 1.165) is 0 Å². The first-order chi connectivity index (χ1) is 9.92. The highest BCUT2D eigenvalue weighted by molar-refractivity contribution is 6.30. The van der Waals surface area contributed by atoms with Crippen LogP contribution >= 0.6 is 11.6 Å². The SMILES string of the molecule is COC1CN(C(=O)O)CCC1NC(=O)c1nc(Cl)c(C)[nH]1. The number of halogens is 1. The van der Waals surface area contributed by atoms with Gasteiger partial charge in [0.1, 0.15) is 0 Å². The molecule has 3 N–H and O–H groups in total. The van der Waals surface area contributed by atoms with Crippen molar-refractivity contribution in [1.29, 1.82) is 0 Å². The molecule has 1 aliphatic rings. The molecule has 0 radical (unpaired) electrons. The summed E-state index contributed by atoms with van der Waals surface area (Å²) in [5, 5.41) is 12.0. The summed E-state index contributed by atoms with van der Waals surface area (Å²) in [5.74, 6) is -0.256. The number of hydrogen-bond donors (Lipinski definition) is 3. The smallest absolute Gasteiger partial charge is 0.407 e. The van der Waals surface area contributed by atoms with Crippen molar-refractivity contribution in [2.24, 2.45) is 0 Å². The largest absolute Gasteiger partial charge is 0.465 e. The number of amides is 2. The number of likely N-dealkylation sites (tertiary alicyclic amines) is 1. The average molecular weight is 317 g/mol. The molecule has 2 unspecified atom stereocenters. The molecule has 8 nitrogen and oxygen atoms in total. The number of rotatable bonds is 3. The molecule has 1 fully saturated rings. The molecule has 21 heavy (non-hydrogen) atoms. The molecule has 9 heteroatoms. The molecule has 0 spiro atoms. The van der Waals surface area contributed by atoms with Gasteiger partial charge in [0.25, 0.3) is 5.91 Å². The monoisotopic (exact) mass is 316 g/mol. The molecule has 2 rings (SSSR count). The lowest BCUT2D eigenvalue weighted by molar-refractivity contribution is 0.0100. The third-order valence-corrected chi connectivity index (χ3v) is 3.86. The first kappa shape index (κ1) is 15.6. The summed E-state index contributed by atoms with van der Waals surface area (Å²) < 4.78 is 5.27. The van der Waals surface area contributed by atoms with Gasteiger partial charge >= 0.3 is 6.09 Å². The van der Waals surface area contributed by atoms with Crippen molar-refractivity contribution in [2.75, 3.05) is 20.2 Å². The topological polar surface area (TPSA) is 108 Å². The van der Waals surface area contributed by atoms with Crippen LogP contribution in [0.5, 0.6) is 0 Å². The molecule has 1 aliphatic heterocycles. The minimum atomic E-state index is -0.990. The van der Waals surface area contributed by atoms with Gasteiger partial charge in [0, 0.05) is 13.7 Å². The average Bonchev–Trinajstić information content (AvgIpc) is 2.79. The molecule has 1 aromatic heterocycles. The second-order valence-corrected chi connectivity index (χ2v) is 5.23. The van der Waals surface area contributed by atoms with Crippen LogP contribution in [0.15, 0.2) is 0 Å². The minimum absolute atomic E-state index is 0.132. The number of hydrogen-bond acceptors (Lipinski definition) is 4. The number of imidazole rings is 1. The van der Waals surface area contributed by atoms with Crippen molar-refractivity contribution in [2.45, 2.75) is 25.5 Å². The maximum Gasteiger partial charge on any atom is 0.407 e. The highest BCUT2D eigenvalue weighted by atomic mass is 35.5. The third kappa shape index (κ3) is 3.45. The molecule has 0 aromatic carbocycles. The molecule has 0 aliphatic carbocycles. The Balaban J connectivity index is 2.01. The van der Waals surface area contributed by atoms with Crippen molar-refractivity contribution in [3.05, 3.63) is 16.7 Å². The molecule has 1 saturated heterocycles. The Morgan fingerprint density at radius 3 is 2.81 bits per heavy atom. The molecule has 0 bridgehead atoms. The van der Waals surface area contributed by atoms with Crippen molar-refractivity contribution < 1.29 is 19.4 Å². The van der Waals surface area contributed by atoms with Gasteiger partial charge in [-0.3, -0.25) is 4.79 Å². The van der Waals surface area contributed by atoms with Gasteiger partial charge in [-0.05, 0) is 13.3 Å². The Labute approximate surface area is 126 Å². The van der Waals surface area contributed by atoms with E-state index in [1.165, 1.54) is 12.0 Å². The summed E-state index contributed by atoms with van der Waals surface area (Å²) in [4.78, 5) is 31.0. The van der Waals surface area contributed by atoms with Crippen LogP contribution in [-0.2, 0) is 4.74 Å². The summed E-state index contributed by atoms with van der Waals surface area (Å²) in [6.45, 7) is 2.28. The van der Waals surface area contributed by atoms with Crippen LogP contribution in [0.3, 0.4) is 0 Å². The molecule has 2 heterocycles. The van der Waals surface area contributed by atoms with Gasteiger partial charge in [0.15, 0.2) is 11.0 Å². The van der Waals surface area contributed by atoms with Crippen LogP contribution in [0.4, 0.5) is 4.79 Å². The second-order valence-electron chi connectivity index (χ2n) is 4.87. The predicted octanol–water partition coefficient (Wildman–Crippen LogP) is 0.869. The lowest BCUT2D eigenvalue weighted by Crippen LogP contribution is -2.55. The Hall–Kier alpha value is -1.80. The van der Waals surface area contributed by atoms with E-state index >= 15 is 0 Å². The zero-order chi connectivity index (χ0) is 15.6. The molecule has 116 valence electrons. The number of carboxylic acid groups (broad SMARTS) is 1. The van der Waals surface area contributed by atoms with Crippen LogP contribution in [0.1, 0.15) is 22.7 Å². The number of aromatic nitrogens is 2. The Morgan fingerprint density at radius 2 is 2.29 bits per heavy atom. The summed E-state index contributed by atoms with van der Waals surface area (Å²) in [7, 11) is 1.49. The van der Waals surface area contributed by atoms with E-state index in [9.17, 15) is 9.59 Å². The molecule has 1 aromatic rings. The van der Waals surface area contributed by atoms with E-state index in [1.807, 2.05) is 0 Å². The van der Waals surface area contributed by atoms with Crippen LogP contribution in [0, 0.1) is 6.92 Å². The van der Waals surface area contributed by atoms with E-state index < -0.39 is 12.2 Å². The fraction of sp³-hybridized carbons (Fsp3) is 0.583. The molecular formula is C12H17ClN4O4. The first-order valence-corrected chi connectivity index (χ1v) is 6.83. The van der Waals surface area contributed by atoms with Crippen molar-refractivity contribution >= 4 is 23.6 Å². The predicted molar refractivity (Wildman–Crippen MR) is 74.6 cm³/mol. The van der Waals surface area contributed by atoms with E-state index in [0.29, 0.717) is 18.7 Å². The second kappa shape index (κ2) is 6.31. The van der Waals surface area contributed by atoms with Crippen molar-refractivity contribution in [3.63, 3.8) is 0 Å². The van der Waals surface area contributed by atoms with Gasteiger partial charge in [-0.15, -0.1) is 0 Å². The maximum absolute atomic E-state index is 12.1. The first-order valence-electron chi connectivity index (χ1n) is 6.46. The summed E-state index contributed by atoms with van der Waals surface area (Å²) >= 11 is 5.81. The van der Waals surface area contributed by atoms with Gasteiger partial charge in [0.2, 0.25) is 0 Å². The van der Waals surface area contributed by atoms with Gasteiger partial charge in [-0.25, -0.2) is 9.78 Å². The normalized spacial score (nSPS) is 22.1. The lowest BCUT2D eigenvalue weighted by Gasteiger charge is -2.36. The summed E-state index contributed by atoms with van der Waals surface area (Å²) in [6.07, 6.45) is -0.912. The van der Waals surface area contributed by atoms with Gasteiger partial charge < -0.3 is 25.0 Å². The lowest BCUT2D eigenvalue weighted by atomic mass is 10.0. The molecule has 0 saturated carbocycles. The quantitative estimate of drug-likeness (QED) is 0.767. The standard InChI is InChI=1S/C12H17ClN4O4/c1-6-9(13)16-10(14-6)11(18)15-7-3-4-17(12(19)20)5-8(7)21-2/h7-8H,3-5H2,1-2H3,(H,14,16)(H,15,18)(H,19,20). The fourth-order valence-electron chi connectivity index (χ4n) is 2.28. The van der Waals surface area contributed by atoms with Crippen molar-refractivity contribution in [1.82, 2.24) is 20.2 Å². The molecule has 2 atom stereocenters.